The van der Waals surface area contributed by atoms with Crippen LogP contribution in [0.15, 0.2) is 24.3 Å². The molecule has 2 rings (SSSR count). The van der Waals surface area contributed by atoms with Crippen molar-refractivity contribution in [2.75, 3.05) is 19.6 Å². The molecule has 0 saturated carbocycles. The van der Waals surface area contributed by atoms with Gasteiger partial charge in [-0.25, -0.2) is 0 Å². The molecular formula is C14H18ClNO. The van der Waals surface area contributed by atoms with Crippen LogP contribution in [0.25, 0.3) is 0 Å². The molecule has 0 spiro atoms. The molecule has 0 N–H and O–H groups in total. The van der Waals surface area contributed by atoms with Crippen molar-refractivity contribution in [3.8, 4) is 0 Å². The van der Waals surface area contributed by atoms with Crippen LogP contribution in [-0.2, 0) is 0 Å². The minimum Gasteiger partial charge on any atom is -0.303 e. The summed E-state index contributed by atoms with van der Waals surface area (Å²) in [6.07, 6.45) is 1.85. The summed E-state index contributed by atoms with van der Waals surface area (Å²) in [6.45, 7) is 5.39. The summed E-state index contributed by atoms with van der Waals surface area (Å²) in [6, 6.07) is 7.20. The number of ketones is 1. The van der Waals surface area contributed by atoms with Gasteiger partial charge in [0.15, 0.2) is 5.78 Å². The lowest BCUT2D eigenvalue weighted by Crippen LogP contribution is -2.23. The van der Waals surface area contributed by atoms with Crippen LogP contribution in [0.5, 0.6) is 0 Å². The van der Waals surface area contributed by atoms with E-state index >= 15 is 0 Å². The van der Waals surface area contributed by atoms with Crippen molar-refractivity contribution in [3.05, 3.63) is 34.9 Å². The largest absolute Gasteiger partial charge is 0.303 e. The van der Waals surface area contributed by atoms with Crippen molar-refractivity contribution in [1.29, 1.82) is 0 Å². The Kier molecular flexibility index (Phi) is 4.19. The fourth-order valence-corrected chi connectivity index (χ4v) is 2.49. The number of hydrogen-bond acceptors (Lipinski definition) is 2. The predicted octanol–water partition coefficient (Wildman–Crippen LogP) is 3.25. The first kappa shape index (κ1) is 12.6. The number of carbonyl (C=O) groups excluding carboxylic acids is 1. The van der Waals surface area contributed by atoms with Crippen LogP contribution in [0, 0.1) is 5.92 Å². The van der Waals surface area contributed by atoms with E-state index < -0.39 is 0 Å². The Hall–Kier alpha value is -0.860. The number of Topliss-reactive ketones (excluding diaryl/α,β-unsaturated/α-hetero) is 1. The molecule has 17 heavy (non-hydrogen) atoms. The van der Waals surface area contributed by atoms with Crippen molar-refractivity contribution >= 4 is 17.4 Å². The third-order valence-corrected chi connectivity index (χ3v) is 3.54. The zero-order chi connectivity index (χ0) is 12.3. The molecule has 1 aromatic carbocycles. The van der Waals surface area contributed by atoms with Gasteiger partial charge in [0.2, 0.25) is 0 Å². The van der Waals surface area contributed by atoms with E-state index in [1.54, 1.807) is 12.1 Å². The maximum Gasteiger partial charge on any atom is 0.164 e. The Bertz CT molecular complexity index is 405. The van der Waals surface area contributed by atoms with Gasteiger partial charge in [-0.05, 0) is 31.0 Å². The molecule has 0 aromatic heterocycles. The lowest BCUT2D eigenvalue weighted by atomic mass is 10.1. The van der Waals surface area contributed by atoms with Crippen LogP contribution >= 0.6 is 11.6 Å². The minimum absolute atomic E-state index is 0.187. The second-order valence-corrected chi connectivity index (χ2v) is 5.31. The van der Waals surface area contributed by atoms with Crippen molar-refractivity contribution in [2.24, 2.45) is 5.92 Å². The van der Waals surface area contributed by atoms with Crippen LogP contribution < -0.4 is 0 Å². The predicted molar refractivity (Wildman–Crippen MR) is 70.6 cm³/mol. The SMILES string of the molecule is CC1CCN(CCC(=O)c2cccc(Cl)c2)C1. The van der Waals surface area contributed by atoms with Crippen molar-refractivity contribution in [3.63, 3.8) is 0 Å². The zero-order valence-electron chi connectivity index (χ0n) is 10.2. The summed E-state index contributed by atoms with van der Waals surface area (Å²) in [5, 5.41) is 0.630. The highest BCUT2D eigenvalue weighted by molar-refractivity contribution is 6.31. The quantitative estimate of drug-likeness (QED) is 0.766. The molecule has 1 fully saturated rings. The highest BCUT2D eigenvalue weighted by Gasteiger charge is 2.19. The molecular weight excluding hydrogens is 234 g/mol. The monoisotopic (exact) mass is 251 g/mol. The summed E-state index contributed by atoms with van der Waals surface area (Å²) >= 11 is 5.87. The topological polar surface area (TPSA) is 20.3 Å². The van der Waals surface area contributed by atoms with Gasteiger partial charge in [-0.1, -0.05) is 30.7 Å². The standard InChI is InChI=1S/C14H18ClNO/c1-11-5-7-16(10-11)8-6-14(17)12-3-2-4-13(15)9-12/h2-4,9,11H,5-8,10H2,1H3. The molecule has 1 heterocycles. The fourth-order valence-electron chi connectivity index (χ4n) is 2.30. The molecule has 92 valence electrons. The first-order valence-corrected chi connectivity index (χ1v) is 6.54. The van der Waals surface area contributed by atoms with E-state index in [0.717, 1.165) is 31.1 Å². The molecule has 1 aromatic rings. The van der Waals surface area contributed by atoms with Crippen LogP contribution in [0.3, 0.4) is 0 Å². The molecule has 0 radical (unpaired) electrons. The van der Waals surface area contributed by atoms with Gasteiger partial charge in [0.05, 0.1) is 0 Å². The van der Waals surface area contributed by atoms with Crippen LogP contribution in [-0.4, -0.2) is 30.3 Å². The number of carbonyl (C=O) groups is 1. The van der Waals surface area contributed by atoms with Gasteiger partial charge in [0.1, 0.15) is 0 Å². The Morgan fingerprint density at radius 1 is 1.53 bits per heavy atom. The third-order valence-electron chi connectivity index (χ3n) is 3.31. The van der Waals surface area contributed by atoms with Crippen LogP contribution in [0.4, 0.5) is 0 Å². The van der Waals surface area contributed by atoms with Crippen molar-refractivity contribution in [2.45, 2.75) is 19.8 Å². The number of halogens is 1. The Balaban J connectivity index is 1.85. The second kappa shape index (κ2) is 5.65. The van der Waals surface area contributed by atoms with Gasteiger partial charge in [-0.2, -0.15) is 0 Å². The molecule has 1 unspecified atom stereocenters. The summed E-state index contributed by atoms with van der Waals surface area (Å²) < 4.78 is 0. The molecule has 0 amide bonds. The number of benzene rings is 1. The number of rotatable bonds is 4. The van der Waals surface area contributed by atoms with Gasteiger partial charge in [-0.15, -0.1) is 0 Å². The molecule has 1 saturated heterocycles. The van der Waals surface area contributed by atoms with Crippen molar-refractivity contribution in [1.82, 2.24) is 4.90 Å². The van der Waals surface area contributed by atoms with Crippen LogP contribution in [0.2, 0.25) is 5.02 Å². The summed E-state index contributed by atoms with van der Waals surface area (Å²) in [7, 11) is 0. The Morgan fingerprint density at radius 2 is 2.35 bits per heavy atom. The molecule has 3 heteroatoms. The minimum atomic E-state index is 0.187. The molecule has 1 aliphatic rings. The van der Waals surface area contributed by atoms with Crippen molar-refractivity contribution < 1.29 is 4.79 Å². The fraction of sp³-hybridized carbons (Fsp3) is 0.500. The molecule has 1 atom stereocenters. The van der Waals surface area contributed by atoms with E-state index in [-0.39, 0.29) is 5.78 Å². The van der Waals surface area contributed by atoms with Gasteiger partial charge in [0, 0.05) is 30.1 Å². The lowest BCUT2D eigenvalue weighted by molar-refractivity contribution is 0.0968. The number of nitrogens with zero attached hydrogens (tertiary/aromatic N) is 1. The number of likely N-dealkylation sites (tertiary alicyclic amines) is 1. The number of hydrogen-bond donors (Lipinski definition) is 0. The van der Waals surface area contributed by atoms with E-state index in [0.29, 0.717) is 11.4 Å². The van der Waals surface area contributed by atoms with E-state index in [2.05, 4.69) is 11.8 Å². The smallest absolute Gasteiger partial charge is 0.164 e. The van der Waals surface area contributed by atoms with Gasteiger partial charge in [0.25, 0.3) is 0 Å². The molecule has 2 nitrogen and oxygen atoms in total. The van der Waals surface area contributed by atoms with Gasteiger partial charge < -0.3 is 4.90 Å². The average molecular weight is 252 g/mol. The van der Waals surface area contributed by atoms with E-state index in [4.69, 9.17) is 11.6 Å². The summed E-state index contributed by atoms with van der Waals surface area (Å²) in [4.78, 5) is 14.3. The Labute approximate surface area is 108 Å². The van der Waals surface area contributed by atoms with E-state index in [9.17, 15) is 4.79 Å². The first-order valence-electron chi connectivity index (χ1n) is 6.16. The zero-order valence-corrected chi connectivity index (χ0v) is 10.9. The normalized spacial score (nSPS) is 20.7. The van der Waals surface area contributed by atoms with Gasteiger partial charge >= 0.3 is 0 Å². The maximum atomic E-state index is 11.9. The molecule has 0 bridgehead atoms. The first-order chi connectivity index (χ1) is 8.15. The maximum absolute atomic E-state index is 11.9. The molecule has 0 aliphatic carbocycles. The highest BCUT2D eigenvalue weighted by Crippen LogP contribution is 2.16. The highest BCUT2D eigenvalue weighted by atomic mass is 35.5. The van der Waals surface area contributed by atoms with Gasteiger partial charge in [-0.3, -0.25) is 4.79 Å². The third kappa shape index (κ3) is 3.55. The van der Waals surface area contributed by atoms with E-state index in [1.165, 1.54) is 6.42 Å². The average Bonchev–Trinajstić information content (AvgIpc) is 2.72. The molecule has 1 aliphatic heterocycles. The van der Waals surface area contributed by atoms with Crippen LogP contribution in [0.1, 0.15) is 30.1 Å². The summed E-state index contributed by atoms with van der Waals surface area (Å²) in [5.74, 6) is 0.961. The second-order valence-electron chi connectivity index (χ2n) is 4.88. The summed E-state index contributed by atoms with van der Waals surface area (Å²) in [5.41, 5.74) is 0.727. The Morgan fingerprint density at radius 3 is 3.00 bits per heavy atom. The lowest BCUT2D eigenvalue weighted by Gasteiger charge is -2.14. The van der Waals surface area contributed by atoms with E-state index in [1.807, 2.05) is 12.1 Å².